The summed E-state index contributed by atoms with van der Waals surface area (Å²) in [6, 6.07) is 12.7. The Morgan fingerprint density at radius 1 is 0.833 bits per heavy atom. The molecule has 1 aliphatic heterocycles. The van der Waals surface area contributed by atoms with Crippen LogP contribution in [0.4, 0.5) is 0 Å². The number of benzene rings is 2. The minimum absolute atomic E-state index is 0.0642. The lowest BCUT2D eigenvalue weighted by Crippen LogP contribution is -2.51. The number of hydrogen-bond acceptors (Lipinski definition) is 5. The fourth-order valence-electron chi connectivity index (χ4n) is 3.43. The van der Waals surface area contributed by atoms with Crippen LogP contribution in [0.5, 0.6) is 17.2 Å². The second kappa shape index (κ2) is 10.0. The van der Waals surface area contributed by atoms with Gasteiger partial charge in [-0.1, -0.05) is 12.1 Å². The molecule has 30 heavy (non-hydrogen) atoms. The normalized spacial score (nSPS) is 13.7. The van der Waals surface area contributed by atoms with Crippen molar-refractivity contribution in [3.8, 4) is 17.2 Å². The third-order valence-electron chi connectivity index (χ3n) is 5.11. The first-order valence-corrected chi connectivity index (χ1v) is 10.1. The highest BCUT2D eigenvalue weighted by atomic mass is 16.5. The van der Waals surface area contributed by atoms with Gasteiger partial charge in [0.25, 0.3) is 5.91 Å². The van der Waals surface area contributed by atoms with Gasteiger partial charge < -0.3 is 24.0 Å². The molecule has 0 unspecified atom stereocenters. The van der Waals surface area contributed by atoms with E-state index in [0.717, 1.165) is 11.3 Å². The van der Waals surface area contributed by atoms with E-state index in [0.29, 0.717) is 56.3 Å². The molecule has 2 aromatic rings. The maximum atomic E-state index is 12.9. The maximum absolute atomic E-state index is 12.9. The summed E-state index contributed by atoms with van der Waals surface area (Å²) in [5.74, 6) is 1.92. The highest BCUT2D eigenvalue weighted by Crippen LogP contribution is 2.24. The van der Waals surface area contributed by atoms with Gasteiger partial charge in [0.05, 0.1) is 27.2 Å². The Morgan fingerprint density at radius 3 is 1.93 bits per heavy atom. The first-order valence-electron chi connectivity index (χ1n) is 10.1. The lowest BCUT2D eigenvalue weighted by Gasteiger charge is -2.35. The van der Waals surface area contributed by atoms with E-state index in [1.807, 2.05) is 36.1 Å². The van der Waals surface area contributed by atoms with E-state index in [1.54, 1.807) is 37.3 Å². The van der Waals surface area contributed by atoms with Gasteiger partial charge in [0.1, 0.15) is 17.2 Å². The van der Waals surface area contributed by atoms with Crippen molar-refractivity contribution >= 4 is 11.8 Å². The van der Waals surface area contributed by atoms with Gasteiger partial charge in [0, 0.05) is 37.8 Å². The molecule has 0 aromatic heterocycles. The SMILES string of the molecule is CCOc1ccc(CC(=O)N2CCN(C(=O)c3cc(OC)cc(OC)c3)CC2)cc1. The van der Waals surface area contributed by atoms with Crippen molar-refractivity contribution in [2.24, 2.45) is 0 Å². The minimum Gasteiger partial charge on any atom is -0.497 e. The van der Waals surface area contributed by atoms with Crippen LogP contribution in [0, 0.1) is 0 Å². The third kappa shape index (κ3) is 5.23. The van der Waals surface area contributed by atoms with Crippen molar-refractivity contribution in [2.45, 2.75) is 13.3 Å². The predicted octanol–water partition coefficient (Wildman–Crippen LogP) is 2.63. The summed E-state index contributed by atoms with van der Waals surface area (Å²) in [6.45, 7) is 4.57. The van der Waals surface area contributed by atoms with Crippen molar-refractivity contribution < 1.29 is 23.8 Å². The van der Waals surface area contributed by atoms with Gasteiger partial charge >= 0.3 is 0 Å². The summed E-state index contributed by atoms with van der Waals surface area (Å²) in [4.78, 5) is 29.1. The standard InChI is InChI=1S/C23H28N2O5/c1-4-30-19-7-5-17(6-8-19)13-22(26)24-9-11-25(12-10-24)23(27)18-14-20(28-2)16-21(15-18)29-3/h5-8,14-16H,4,9-13H2,1-3H3. The molecule has 0 saturated carbocycles. The topological polar surface area (TPSA) is 68.3 Å². The van der Waals surface area contributed by atoms with Crippen LogP contribution in [0.1, 0.15) is 22.8 Å². The van der Waals surface area contributed by atoms with Crippen LogP contribution in [0.3, 0.4) is 0 Å². The van der Waals surface area contributed by atoms with Crippen LogP contribution in [0.25, 0.3) is 0 Å². The summed E-state index contributed by atoms with van der Waals surface area (Å²) in [5, 5.41) is 0. The van der Waals surface area contributed by atoms with Crippen LogP contribution in [-0.4, -0.2) is 68.6 Å². The minimum atomic E-state index is -0.0918. The monoisotopic (exact) mass is 412 g/mol. The van der Waals surface area contributed by atoms with Gasteiger partial charge in [0.15, 0.2) is 0 Å². The van der Waals surface area contributed by atoms with Gasteiger partial charge in [-0.05, 0) is 36.8 Å². The average molecular weight is 412 g/mol. The molecule has 1 heterocycles. The summed E-state index contributed by atoms with van der Waals surface area (Å²) in [7, 11) is 3.11. The molecule has 0 bridgehead atoms. The molecule has 0 spiro atoms. The molecular weight excluding hydrogens is 384 g/mol. The number of amides is 2. The molecule has 0 N–H and O–H groups in total. The van der Waals surface area contributed by atoms with Crippen molar-refractivity contribution in [3.63, 3.8) is 0 Å². The molecule has 2 aromatic carbocycles. The second-order valence-corrected chi connectivity index (χ2v) is 7.03. The molecule has 0 aliphatic carbocycles. The van der Waals surface area contributed by atoms with Crippen molar-refractivity contribution in [3.05, 3.63) is 53.6 Å². The number of carbonyl (C=O) groups is 2. The molecule has 1 aliphatic rings. The number of hydrogen-bond donors (Lipinski definition) is 0. The summed E-state index contributed by atoms with van der Waals surface area (Å²) >= 11 is 0. The van der Waals surface area contributed by atoms with E-state index in [9.17, 15) is 9.59 Å². The van der Waals surface area contributed by atoms with Gasteiger partial charge in [-0.3, -0.25) is 9.59 Å². The van der Waals surface area contributed by atoms with Crippen LogP contribution in [0.15, 0.2) is 42.5 Å². The third-order valence-corrected chi connectivity index (χ3v) is 5.11. The first-order chi connectivity index (χ1) is 14.5. The molecule has 1 saturated heterocycles. The fraction of sp³-hybridized carbons (Fsp3) is 0.391. The van der Waals surface area contributed by atoms with Crippen molar-refractivity contribution in [1.82, 2.24) is 9.80 Å². The summed E-state index contributed by atoms with van der Waals surface area (Å²) < 4.78 is 15.9. The molecule has 0 radical (unpaired) electrons. The zero-order chi connectivity index (χ0) is 21.5. The lowest BCUT2D eigenvalue weighted by molar-refractivity contribution is -0.131. The van der Waals surface area contributed by atoms with E-state index in [2.05, 4.69) is 0 Å². The Balaban J connectivity index is 1.56. The maximum Gasteiger partial charge on any atom is 0.254 e. The summed E-state index contributed by atoms with van der Waals surface area (Å²) in [5.41, 5.74) is 1.46. The number of rotatable bonds is 7. The van der Waals surface area contributed by atoms with Crippen molar-refractivity contribution in [2.75, 3.05) is 47.0 Å². The Morgan fingerprint density at radius 2 is 1.40 bits per heavy atom. The van der Waals surface area contributed by atoms with Gasteiger partial charge in [-0.2, -0.15) is 0 Å². The van der Waals surface area contributed by atoms with E-state index in [-0.39, 0.29) is 11.8 Å². The highest BCUT2D eigenvalue weighted by Gasteiger charge is 2.25. The smallest absolute Gasteiger partial charge is 0.254 e. The number of carbonyl (C=O) groups excluding carboxylic acids is 2. The number of piperazine rings is 1. The molecular formula is C23H28N2O5. The van der Waals surface area contributed by atoms with Crippen LogP contribution in [0.2, 0.25) is 0 Å². The lowest BCUT2D eigenvalue weighted by atomic mass is 10.1. The zero-order valence-electron chi connectivity index (χ0n) is 17.7. The van der Waals surface area contributed by atoms with E-state index >= 15 is 0 Å². The fourth-order valence-corrected chi connectivity index (χ4v) is 3.43. The molecule has 2 amide bonds. The highest BCUT2D eigenvalue weighted by molar-refractivity contribution is 5.95. The number of nitrogens with zero attached hydrogens (tertiary/aromatic N) is 2. The molecule has 7 nitrogen and oxygen atoms in total. The van der Waals surface area contributed by atoms with E-state index in [1.165, 1.54) is 0 Å². The first kappa shape index (κ1) is 21.5. The second-order valence-electron chi connectivity index (χ2n) is 7.03. The summed E-state index contributed by atoms with van der Waals surface area (Å²) in [6.07, 6.45) is 0.341. The average Bonchev–Trinajstić information content (AvgIpc) is 2.79. The Bertz CT molecular complexity index is 851. The molecule has 0 atom stereocenters. The zero-order valence-corrected chi connectivity index (χ0v) is 17.7. The van der Waals surface area contributed by atoms with Crippen molar-refractivity contribution in [1.29, 1.82) is 0 Å². The molecule has 3 rings (SSSR count). The van der Waals surface area contributed by atoms with Crippen LogP contribution in [-0.2, 0) is 11.2 Å². The molecule has 160 valence electrons. The molecule has 1 fully saturated rings. The van der Waals surface area contributed by atoms with Gasteiger partial charge in [-0.25, -0.2) is 0 Å². The van der Waals surface area contributed by atoms with Gasteiger partial charge in [0.2, 0.25) is 5.91 Å². The number of ether oxygens (including phenoxy) is 3. The molecule has 7 heteroatoms. The van der Waals surface area contributed by atoms with Crippen LogP contribution >= 0.6 is 0 Å². The Kier molecular flexibility index (Phi) is 7.17. The number of methoxy groups -OCH3 is 2. The van der Waals surface area contributed by atoms with Gasteiger partial charge in [-0.15, -0.1) is 0 Å². The van der Waals surface area contributed by atoms with Crippen LogP contribution < -0.4 is 14.2 Å². The van der Waals surface area contributed by atoms with E-state index in [4.69, 9.17) is 14.2 Å². The van der Waals surface area contributed by atoms with E-state index < -0.39 is 0 Å². The quantitative estimate of drug-likeness (QED) is 0.699. The largest absolute Gasteiger partial charge is 0.497 e. The predicted molar refractivity (Wildman–Crippen MR) is 113 cm³/mol. The Hall–Kier alpha value is -3.22. The Labute approximate surface area is 177 Å².